The van der Waals surface area contributed by atoms with Crippen molar-refractivity contribution in [2.75, 3.05) is 7.05 Å². The Morgan fingerprint density at radius 2 is 1.53 bits per heavy atom. The second-order valence-corrected chi connectivity index (χ2v) is 2.90. The van der Waals surface area contributed by atoms with E-state index in [0.29, 0.717) is 12.1 Å². The van der Waals surface area contributed by atoms with Gasteiger partial charge in [-0.05, 0) is 24.7 Å². The zero-order valence-electron chi connectivity index (χ0n) is 7.70. The molecule has 0 bridgehead atoms. The zero-order valence-corrected chi connectivity index (χ0v) is 7.70. The zero-order chi connectivity index (χ0) is 11.6. The van der Waals surface area contributed by atoms with Crippen molar-refractivity contribution in [1.29, 1.82) is 0 Å². The Labute approximate surface area is 82.9 Å². The van der Waals surface area contributed by atoms with Crippen molar-refractivity contribution >= 4 is 0 Å². The standard InChI is InChI=1S/C9H8F5N/c1-15-8(9(13)14)4-2-5(10)7(12)6(11)3-4/h2-3,8-9,15H,1H3. The molecule has 0 radical (unpaired) electrons. The van der Waals surface area contributed by atoms with Crippen LogP contribution in [0.15, 0.2) is 12.1 Å². The summed E-state index contributed by atoms with van der Waals surface area (Å²) >= 11 is 0. The van der Waals surface area contributed by atoms with E-state index in [2.05, 4.69) is 5.32 Å². The fourth-order valence-electron chi connectivity index (χ4n) is 1.19. The van der Waals surface area contributed by atoms with Gasteiger partial charge in [0.1, 0.15) is 0 Å². The summed E-state index contributed by atoms with van der Waals surface area (Å²) in [6.07, 6.45) is -2.83. The highest BCUT2D eigenvalue weighted by atomic mass is 19.3. The van der Waals surface area contributed by atoms with Crippen LogP contribution in [0.4, 0.5) is 22.0 Å². The SMILES string of the molecule is CNC(c1cc(F)c(F)c(F)c1)C(F)F. The van der Waals surface area contributed by atoms with Crippen molar-refractivity contribution in [3.8, 4) is 0 Å². The number of rotatable bonds is 3. The quantitative estimate of drug-likeness (QED) is 0.616. The topological polar surface area (TPSA) is 12.0 Å². The van der Waals surface area contributed by atoms with Crippen molar-refractivity contribution in [3.05, 3.63) is 35.1 Å². The fraction of sp³-hybridized carbons (Fsp3) is 0.333. The van der Waals surface area contributed by atoms with Crippen molar-refractivity contribution in [2.24, 2.45) is 0 Å². The molecule has 6 heteroatoms. The molecule has 1 atom stereocenters. The molecule has 1 unspecified atom stereocenters. The van der Waals surface area contributed by atoms with Gasteiger partial charge in [-0.1, -0.05) is 0 Å². The minimum atomic E-state index is -2.83. The lowest BCUT2D eigenvalue weighted by molar-refractivity contribution is 0.102. The summed E-state index contributed by atoms with van der Waals surface area (Å²) in [6.45, 7) is 0. The monoisotopic (exact) mass is 225 g/mol. The van der Waals surface area contributed by atoms with E-state index in [-0.39, 0.29) is 5.56 Å². The van der Waals surface area contributed by atoms with Gasteiger partial charge in [0.2, 0.25) is 0 Å². The van der Waals surface area contributed by atoms with Gasteiger partial charge in [-0.25, -0.2) is 22.0 Å². The summed E-state index contributed by atoms with van der Waals surface area (Å²) < 4.78 is 62.6. The van der Waals surface area contributed by atoms with Gasteiger partial charge in [-0.15, -0.1) is 0 Å². The van der Waals surface area contributed by atoms with Crippen LogP contribution in [0, 0.1) is 17.5 Å². The number of nitrogens with one attached hydrogen (secondary N) is 1. The Balaban J connectivity index is 3.14. The van der Waals surface area contributed by atoms with Gasteiger partial charge < -0.3 is 5.32 Å². The highest BCUT2D eigenvalue weighted by Crippen LogP contribution is 2.23. The van der Waals surface area contributed by atoms with Gasteiger partial charge in [0.25, 0.3) is 6.43 Å². The molecule has 0 heterocycles. The summed E-state index contributed by atoms with van der Waals surface area (Å²) in [5.74, 6) is -4.63. The van der Waals surface area contributed by atoms with E-state index in [4.69, 9.17) is 0 Å². The van der Waals surface area contributed by atoms with Gasteiger partial charge in [0.05, 0.1) is 6.04 Å². The molecule has 15 heavy (non-hydrogen) atoms. The van der Waals surface area contributed by atoms with Crippen LogP contribution < -0.4 is 5.32 Å². The van der Waals surface area contributed by atoms with Crippen molar-refractivity contribution in [3.63, 3.8) is 0 Å². The lowest BCUT2D eigenvalue weighted by Gasteiger charge is -2.15. The van der Waals surface area contributed by atoms with Crippen LogP contribution in [-0.4, -0.2) is 13.5 Å². The van der Waals surface area contributed by atoms with Crippen molar-refractivity contribution in [2.45, 2.75) is 12.5 Å². The number of benzene rings is 1. The van der Waals surface area contributed by atoms with E-state index in [1.807, 2.05) is 0 Å². The lowest BCUT2D eigenvalue weighted by Crippen LogP contribution is -2.24. The first-order chi connectivity index (χ1) is 6.97. The van der Waals surface area contributed by atoms with Crippen LogP contribution in [0.2, 0.25) is 0 Å². The van der Waals surface area contributed by atoms with Gasteiger partial charge in [-0.2, -0.15) is 0 Å². The smallest absolute Gasteiger partial charge is 0.257 e. The van der Waals surface area contributed by atoms with E-state index in [1.54, 1.807) is 0 Å². The first-order valence-electron chi connectivity index (χ1n) is 4.07. The Morgan fingerprint density at radius 1 is 1.07 bits per heavy atom. The molecule has 1 aromatic carbocycles. The summed E-state index contributed by atoms with van der Waals surface area (Å²) in [7, 11) is 1.22. The summed E-state index contributed by atoms with van der Waals surface area (Å²) in [4.78, 5) is 0. The van der Waals surface area contributed by atoms with E-state index >= 15 is 0 Å². The van der Waals surface area contributed by atoms with Crippen LogP contribution in [0.5, 0.6) is 0 Å². The van der Waals surface area contributed by atoms with Crippen LogP contribution in [0.3, 0.4) is 0 Å². The van der Waals surface area contributed by atoms with Crippen LogP contribution in [0.1, 0.15) is 11.6 Å². The third kappa shape index (κ3) is 2.44. The summed E-state index contributed by atoms with van der Waals surface area (Å²) in [5.41, 5.74) is -0.330. The van der Waals surface area contributed by atoms with E-state index in [9.17, 15) is 22.0 Å². The highest BCUT2D eigenvalue weighted by molar-refractivity contribution is 5.23. The molecular formula is C9H8F5N. The maximum Gasteiger partial charge on any atom is 0.257 e. The average Bonchev–Trinajstić information content (AvgIpc) is 2.14. The maximum atomic E-state index is 12.7. The summed E-state index contributed by atoms with van der Waals surface area (Å²) in [6, 6.07) is -0.424. The third-order valence-electron chi connectivity index (χ3n) is 1.93. The largest absolute Gasteiger partial charge is 0.308 e. The minimum absolute atomic E-state index is 0.330. The van der Waals surface area contributed by atoms with Gasteiger partial charge >= 0.3 is 0 Å². The molecule has 1 N–H and O–H groups in total. The Bertz CT molecular complexity index is 329. The summed E-state index contributed by atoms with van der Waals surface area (Å²) in [5, 5.41) is 2.19. The molecule has 1 rings (SSSR count). The molecule has 1 aromatic rings. The fourth-order valence-corrected chi connectivity index (χ4v) is 1.19. The van der Waals surface area contributed by atoms with Gasteiger partial charge in [-0.3, -0.25) is 0 Å². The molecule has 0 aliphatic carbocycles. The molecule has 1 nitrogen and oxygen atoms in total. The number of hydrogen-bond acceptors (Lipinski definition) is 1. The van der Waals surface area contributed by atoms with E-state index < -0.39 is 29.9 Å². The normalized spacial score (nSPS) is 13.3. The molecule has 0 fully saturated rings. The molecular weight excluding hydrogens is 217 g/mol. The van der Waals surface area contributed by atoms with Crippen LogP contribution in [0.25, 0.3) is 0 Å². The third-order valence-corrected chi connectivity index (χ3v) is 1.93. The molecule has 84 valence electrons. The second kappa shape index (κ2) is 4.57. The molecule has 0 aliphatic rings. The van der Waals surface area contributed by atoms with Crippen molar-refractivity contribution in [1.82, 2.24) is 5.32 Å². The molecule has 0 saturated heterocycles. The molecule has 0 aliphatic heterocycles. The van der Waals surface area contributed by atoms with Crippen LogP contribution >= 0.6 is 0 Å². The Morgan fingerprint density at radius 3 is 1.87 bits per heavy atom. The lowest BCUT2D eigenvalue weighted by atomic mass is 10.1. The predicted octanol–water partition coefficient (Wildman–Crippen LogP) is 2.63. The predicted molar refractivity (Wildman–Crippen MR) is 44.1 cm³/mol. The minimum Gasteiger partial charge on any atom is -0.308 e. The molecule has 0 amide bonds. The van der Waals surface area contributed by atoms with Crippen molar-refractivity contribution < 1.29 is 22.0 Å². The number of halogens is 5. The molecule has 0 aromatic heterocycles. The molecule has 0 spiro atoms. The van der Waals surface area contributed by atoms with E-state index in [1.165, 1.54) is 7.05 Å². The Kier molecular flexibility index (Phi) is 3.62. The Hall–Kier alpha value is -1.17. The van der Waals surface area contributed by atoms with E-state index in [0.717, 1.165) is 0 Å². The molecule has 0 saturated carbocycles. The second-order valence-electron chi connectivity index (χ2n) is 2.90. The first-order valence-corrected chi connectivity index (χ1v) is 4.07. The van der Waals surface area contributed by atoms with Gasteiger partial charge in [0, 0.05) is 0 Å². The highest BCUT2D eigenvalue weighted by Gasteiger charge is 2.23. The number of hydrogen-bond donors (Lipinski definition) is 1. The average molecular weight is 225 g/mol. The van der Waals surface area contributed by atoms with Crippen LogP contribution in [-0.2, 0) is 0 Å². The first kappa shape index (κ1) is 11.9. The number of alkyl halides is 2. The maximum absolute atomic E-state index is 12.7. The van der Waals surface area contributed by atoms with Gasteiger partial charge in [0.15, 0.2) is 17.5 Å².